The van der Waals surface area contributed by atoms with Crippen molar-refractivity contribution in [3.8, 4) is 5.75 Å². The summed E-state index contributed by atoms with van der Waals surface area (Å²) in [5.74, 6) is 1.31. The van der Waals surface area contributed by atoms with Gasteiger partial charge in [-0.05, 0) is 29.4 Å². The van der Waals surface area contributed by atoms with Crippen LogP contribution in [0.4, 0.5) is 0 Å². The van der Waals surface area contributed by atoms with Gasteiger partial charge in [0.2, 0.25) is 0 Å². The molecule has 1 aromatic carbocycles. The molecular formula is C15H22O. The summed E-state index contributed by atoms with van der Waals surface area (Å²) in [5.41, 5.74) is 1.20. The molecule has 1 heteroatoms. The molecule has 1 saturated carbocycles. The van der Waals surface area contributed by atoms with Crippen molar-refractivity contribution in [3.05, 3.63) is 29.8 Å². The first kappa shape index (κ1) is 11.5. The summed E-state index contributed by atoms with van der Waals surface area (Å²) in [6.45, 7) is 4.50. The number of phenols is 1. The Labute approximate surface area is 98.5 Å². The lowest BCUT2D eigenvalue weighted by molar-refractivity contribution is 0.350. The molecule has 0 heterocycles. The van der Waals surface area contributed by atoms with Gasteiger partial charge < -0.3 is 5.11 Å². The topological polar surface area (TPSA) is 20.2 Å². The lowest BCUT2D eigenvalue weighted by atomic mass is 9.76. The largest absolute Gasteiger partial charge is 0.508 e. The summed E-state index contributed by atoms with van der Waals surface area (Å²) in [5, 5.41) is 9.92. The molecule has 1 aliphatic carbocycles. The van der Waals surface area contributed by atoms with Gasteiger partial charge in [-0.25, -0.2) is 0 Å². The smallest absolute Gasteiger partial charge is 0.119 e. The Morgan fingerprint density at radius 3 is 2.44 bits per heavy atom. The molecule has 2 rings (SSSR count). The molecule has 1 aromatic rings. The van der Waals surface area contributed by atoms with Crippen molar-refractivity contribution in [1.82, 2.24) is 0 Å². The maximum atomic E-state index is 9.92. The van der Waals surface area contributed by atoms with Gasteiger partial charge >= 0.3 is 0 Å². The van der Waals surface area contributed by atoms with Gasteiger partial charge in [-0.1, -0.05) is 57.7 Å². The van der Waals surface area contributed by atoms with E-state index in [1.54, 1.807) is 6.07 Å². The van der Waals surface area contributed by atoms with Crippen molar-refractivity contribution in [2.24, 2.45) is 5.92 Å². The Morgan fingerprint density at radius 1 is 1.19 bits per heavy atom. The van der Waals surface area contributed by atoms with Crippen LogP contribution in [0.2, 0.25) is 0 Å². The van der Waals surface area contributed by atoms with Gasteiger partial charge in [0.15, 0.2) is 0 Å². The van der Waals surface area contributed by atoms with E-state index in [9.17, 15) is 5.11 Å². The number of hydrogen-bond acceptors (Lipinski definition) is 1. The number of benzene rings is 1. The van der Waals surface area contributed by atoms with E-state index in [4.69, 9.17) is 0 Å². The number of phenolic OH excluding ortho intramolecular Hbond substituents is 1. The zero-order valence-electron chi connectivity index (χ0n) is 10.4. The number of rotatable bonds is 3. The molecule has 1 nitrogen and oxygen atoms in total. The lowest BCUT2D eigenvalue weighted by Crippen LogP contribution is -2.20. The van der Waals surface area contributed by atoms with E-state index in [2.05, 4.69) is 19.9 Å². The normalized spacial score (nSPS) is 17.9. The quantitative estimate of drug-likeness (QED) is 0.804. The molecule has 0 aromatic heterocycles. The van der Waals surface area contributed by atoms with Crippen LogP contribution in [0.25, 0.3) is 0 Å². The molecule has 1 aliphatic rings. The van der Waals surface area contributed by atoms with Gasteiger partial charge in [0.05, 0.1) is 0 Å². The van der Waals surface area contributed by atoms with E-state index in [1.165, 1.54) is 32.1 Å². The number of hydrogen-bond donors (Lipinski definition) is 1. The monoisotopic (exact) mass is 218 g/mol. The standard InChI is InChI=1S/C15H22O/c1-15(2,11-12-7-3-4-8-12)13-9-5-6-10-14(13)16/h5-6,9-10,12,16H,3-4,7-8,11H2,1-2H3. The third-order valence-corrected chi connectivity index (χ3v) is 3.91. The summed E-state index contributed by atoms with van der Waals surface area (Å²) in [6, 6.07) is 7.77. The first-order valence-corrected chi connectivity index (χ1v) is 6.38. The molecule has 0 unspecified atom stereocenters. The second kappa shape index (κ2) is 4.48. The van der Waals surface area contributed by atoms with Crippen LogP contribution in [-0.2, 0) is 5.41 Å². The highest BCUT2D eigenvalue weighted by Gasteiger charge is 2.28. The van der Waals surface area contributed by atoms with Crippen LogP contribution in [-0.4, -0.2) is 5.11 Å². The minimum Gasteiger partial charge on any atom is -0.508 e. The molecule has 0 atom stereocenters. The molecule has 0 aliphatic heterocycles. The first-order chi connectivity index (χ1) is 7.59. The van der Waals surface area contributed by atoms with Gasteiger partial charge in [0.25, 0.3) is 0 Å². The summed E-state index contributed by atoms with van der Waals surface area (Å²) in [7, 11) is 0. The van der Waals surface area contributed by atoms with Crippen molar-refractivity contribution < 1.29 is 5.11 Å². The molecule has 0 bridgehead atoms. The Hall–Kier alpha value is -0.980. The summed E-state index contributed by atoms with van der Waals surface area (Å²) in [6.07, 6.45) is 6.72. The van der Waals surface area contributed by atoms with Crippen LogP contribution < -0.4 is 0 Å². The third kappa shape index (κ3) is 2.40. The lowest BCUT2D eigenvalue weighted by Gasteiger charge is -2.29. The second-order valence-electron chi connectivity index (χ2n) is 5.76. The van der Waals surface area contributed by atoms with Crippen LogP contribution in [0, 0.1) is 5.92 Å². The van der Waals surface area contributed by atoms with Crippen LogP contribution in [0.15, 0.2) is 24.3 Å². The summed E-state index contributed by atoms with van der Waals surface area (Å²) < 4.78 is 0. The highest BCUT2D eigenvalue weighted by Crippen LogP contribution is 2.40. The van der Waals surface area contributed by atoms with Gasteiger partial charge in [-0.2, -0.15) is 0 Å². The fourth-order valence-corrected chi connectivity index (χ4v) is 3.09. The van der Waals surface area contributed by atoms with E-state index < -0.39 is 0 Å². The molecule has 0 radical (unpaired) electrons. The Kier molecular flexibility index (Phi) is 3.22. The molecule has 0 saturated heterocycles. The van der Waals surface area contributed by atoms with Gasteiger partial charge in [-0.15, -0.1) is 0 Å². The van der Waals surface area contributed by atoms with E-state index in [0.717, 1.165) is 11.5 Å². The summed E-state index contributed by atoms with van der Waals surface area (Å²) in [4.78, 5) is 0. The Morgan fingerprint density at radius 2 is 1.81 bits per heavy atom. The maximum absolute atomic E-state index is 9.92. The van der Waals surface area contributed by atoms with Crippen LogP contribution >= 0.6 is 0 Å². The molecule has 0 spiro atoms. The average Bonchev–Trinajstić information content (AvgIpc) is 2.70. The first-order valence-electron chi connectivity index (χ1n) is 6.38. The van der Waals surface area contributed by atoms with E-state index in [-0.39, 0.29) is 5.41 Å². The van der Waals surface area contributed by atoms with E-state index in [1.807, 2.05) is 12.1 Å². The highest BCUT2D eigenvalue weighted by molar-refractivity contribution is 5.37. The van der Waals surface area contributed by atoms with Gasteiger partial charge in [0, 0.05) is 0 Å². The second-order valence-corrected chi connectivity index (χ2v) is 5.76. The number of para-hydroxylation sites is 1. The van der Waals surface area contributed by atoms with Crippen molar-refractivity contribution in [2.45, 2.75) is 51.4 Å². The zero-order chi connectivity index (χ0) is 11.6. The van der Waals surface area contributed by atoms with E-state index in [0.29, 0.717) is 5.75 Å². The Bertz CT molecular complexity index is 348. The SMILES string of the molecule is CC(C)(CC1CCCC1)c1ccccc1O. The molecule has 88 valence electrons. The minimum atomic E-state index is 0.0976. The average molecular weight is 218 g/mol. The fourth-order valence-electron chi connectivity index (χ4n) is 3.09. The van der Waals surface area contributed by atoms with Crippen LogP contribution in [0.5, 0.6) is 5.75 Å². The van der Waals surface area contributed by atoms with Gasteiger partial charge in [-0.3, -0.25) is 0 Å². The molecule has 1 fully saturated rings. The maximum Gasteiger partial charge on any atom is 0.119 e. The number of aromatic hydroxyl groups is 1. The molecule has 0 amide bonds. The fraction of sp³-hybridized carbons (Fsp3) is 0.600. The molecular weight excluding hydrogens is 196 g/mol. The Balaban J connectivity index is 2.14. The third-order valence-electron chi connectivity index (χ3n) is 3.91. The minimum absolute atomic E-state index is 0.0976. The van der Waals surface area contributed by atoms with Crippen molar-refractivity contribution in [3.63, 3.8) is 0 Å². The van der Waals surface area contributed by atoms with Crippen molar-refractivity contribution in [1.29, 1.82) is 0 Å². The zero-order valence-corrected chi connectivity index (χ0v) is 10.4. The highest BCUT2D eigenvalue weighted by atomic mass is 16.3. The van der Waals surface area contributed by atoms with Gasteiger partial charge in [0.1, 0.15) is 5.75 Å². The molecule has 1 N–H and O–H groups in total. The van der Waals surface area contributed by atoms with E-state index >= 15 is 0 Å². The predicted octanol–water partition coefficient (Wildman–Crippen LogP) is 4.25. The molecule has 16 heavy (non-hydrogen) atoms. The summed E-state index contributed by atoms with van der Waals surface area (Å²) >= 11 is 0. The van der Waals surface area contributed by atoms with Crippen molar-refractivity contribution >= 4 is 0 Å². The van der Waals surface area contributed by atoms with Crippen LogP contribution in [0.1, 0.15) is 51.5 Å². The van der Waals surface area contributed by atoms with Crippen molar-refractivity contribution in [2.75, 3.05) is 0 Å². The predicted molar refractivity (Wildman–Crippen MR) is 67.7 cm³/mol. The van der Waals surface area contributed by atoms with Crippen LogP contribution in [0.3, 0.4) is 0 Å².